The van der Waals surface area contributed by atoms with Gasteiger partial charge in [0.2, 0.25) is 0 Å². The average molecular weight is 215 g/mol. The predicted octanol–water partition coefficient (Wildman–Crippen LogP) is 3.29. The summed E-state index contributed by atoms with van der Waals surface area (Å²) in [4.78, 5) is 0. The van der Waals surface area contributed by atoms with Crippen molar-refractivity contribution in [1.82, 2.24) is 0 Å². The monoisotopic (exact) mass is 215 g/mol. The molecule has 2 atom stereocenters. The lowest BCUT2D eigenvalue weighted by molar-refractivity contribution is -0.0102. The van der Waals surface area contributed by atoms with E-state index in [1.165, 1.54) is 11.1 Å². The van der Waals surface area contributed by atoms with E-state index in [1.807, 2.05) is 0 Å². The molecule has 2 rings (SSSR count). The molecule has 1 aromatic rings. The zero-order chi connectivity index (χ0) is 11.5. The predicted molar refractivity (Wildman–Crippen MR) is 62.9 cm³/mol. The first kappa shape index (κ1) is 11.2. The van der Waals surface area contributed by atoms with E-state index in [4.69, 9.17) is 10.00 Å². The molecule has 0 bridgehead atoms. The van der Waals surface area contributed by atoms with Gasteiger partial charge in [-0.2, -0.15) is 5.26 Å². The van der Waals surface area contributed by atoms with E-state index in [-0.39, 0.29) is 12.0 Å². The van der Waals surface area contributed by atoms with E-state index in [0.29, 0.717) is 0 Å². The van der Waals surface area contributed by atoms with Crippen LogP contribution in [0.1, 0.15) is 35.6 Å². The van der Waals surface area contributed by atoms with Crippen LogP contribution < -0.4 is 0 Å². The molecule has 0 amide bonds. The first-order valence-corrected chi connectivity index (χ1v) is 5.80. The summed E-state index contributed by atoms with van der Waals surface area (Å²) in [6.45, 7) is 4.94. The molecule has 2 heteroatoms. The topological polar surface area (TPSA) is 33.0 Å². The molecule has 1 aliphatic rings. The normalized spacial score (nSPS) is 25.1. The third-order valence-electron chi connectivity index (χ3n) is 3.06. The fraction of sp³-hybridized carbons (Fsp3) is 0.500. The molecule has 2 nitrogen and oxygen atoms in total. The highest BCUT2D eigenvalue weighted by Crippen LogP contribution is 2.33. The quantitative estimate of drug-likeness (QED) is 0.720. The number of benzene rings is 1. The lowest BCUT2D eigenvalue weighted by atomic mass is 9.89. The van der Waals surface area contributed by atoms with Gasteiger partial charge in [0.15, 0.2) is 0 Å². The maximum atomic E-state index is 9.13. The number of rotatable bonds is 1. The molecule has 1 fully saturated rings. The van der Waals surface area contributed by atoms with Gasteiger partial charge in [-0.1, -0.05) is 29.3 Å². The van der Waals surface area contributed by atoms with E-state index >= 15 is 0 Å². The van der Waals surface area contributed by atoms with Crippen LogP contribution in [-0.2, 0) is 4.74 Å². The summed E-state index contributed by atoms with van der Waals surface area (Å²) in [5.41, 5.74) is 3.63. The van der Waals surface area contributed by atoms with Crippen molar-refractivity contribution in [3.8, 4) is 6.07 Å². The molecule has 0 spiro atoms. The van der Waals surface area contributed by atoms with Crippen LogP contribution in [0.2, 0.25) is 0 Å². The molecular weight excluding hydrogens is 198 g/mol. The third kappa shape index (κ3) is 2.25. The highest BCUT2D eigenvalue weighted by Gasteiger charge is 2.27. The second-order valence-electron chi connectivity index (χ2n) is 4.59. The van der Waals surface area contributed by atoms with E-state index in [1.54, 1.807) is 0 Å². The molecule has 0 radical (unpaired) electrons. The van der Waals surface area contributed by atoms with Gasteiger partial charge in [-0.15, -0.1) is 0 Å². The zero-order valence-corrected chi connectivity index (χ0v) is 9.86. The molecule has 1 aromatic carbocycles. The lowest BCUT2D eigenvalue weighted by Crippen LogP contribution is -2.21. The van der Waals surface area contributed by atoms with Crippen LogP contribution >= 0.6 is 0 Å². The summed E-state index contributed by atoms with van der Waals surface area (Å²) in [7, 11) is 0. The second-order valence-corrected chi connectivity index (χ2v) is 4.59. The van der Waals surface area contributed by atoms with E-state index in [9.17, 15) is 0 Å². The largest absolute Gasteiger partial charge is 0.372 e. The Morgan fingerprint density at radius 2 is 1.94 bits per heavy atom. The average Bonchev–Trinajstić information content (AvgIpc) is 2.27. The number of nitrogens with zero attached hydrogens (tertiary/aromatic N) is 1. The molecule has 1 aliphatic heterocycles. The number of hydrogen-bond acceptors (Lipinski definition) is 2. The van der Waals surface area contributed by atoms with Gasteiger partial charge >= 0.3 is 0 Å². The summed E-state index contributed by atoms with van der Waals surface area (Å²) >= 11 is 0. The maximum absolute atomic E-state index is 9.13. The number of hydrogen-bond donors (Lipinski definition) is 0. The van der Waals surface area contributed by atoms with Crippen molar-refractivity contribution in [2.75, 3.05) is 6.61 Å². The number of nitriles is 1. The van der Waals surface area contributed by atoms with Crippen molar-refractivity contribution in [2.45, 2.75) is 32.8 Å². The van der Waals surface area contributed by atoms with Crippen molar-refractivity contribution >= 4 is 0 Å². The molecule has 2 unspecified atom stereocenters. The molecule has 1 heterocycles. The first-order valence-electron chi connectivity index (χ1n) is 5.80. The summed E-state index contributed by atoms with van der Waals surface area (Å²) in [5, 5.41) is 9.13. The molecular formula is C14H17NO. The summed E-state index contributed by atoms with van der Waals surface area (Å²) in [5.74, 6) is 0.00921. The third-order valence-corrected chi connectivity index (χ3v) is 3.06. The SMILES string of the molecule is Cc1cc(C)cc(C2OCCCC2C#N)c1. The zero-order valence-electron chi connectivity index (χ0n) is 9.86. The van der Waals surface area contributed by atoms with Gasteiger partial charge in [0.25, 0.3) is 0 Å². The Kier molecular flexibility index (Phi) is 3.26. The van der Waals surface area contributed by atoms with Gasteiger partial charge in [-0.25, -0.2) is 0 Å². The van der Waals surface area contributed by atoms with Crippen LogP contribution in [0.15, 0.2) is 18.2 Å². The van der Waals surface area contributed by atoms with Crippen LogP contribution in [0.3, 0.4) is 0 Å². The Hall–Kier alpha value is -1.33. The van der Waals surface area contributed by atoms with Crippen molar-refractivity contribution < 1.29 is 4.74 Å². The lowest BCUT2D eigenvalue weighted by Gasteiger charge is -2.28. The molecule has 0 saturated carbocycles. The molecule has 16 heavy (non-hydrogen) atoms. The number of ether oxygens (including phenoxy) is 1. The van der Waals surface area contributed by atoms with Gasteiger partial charge in [0, 0.05) is 6.61 Å². The van der Waals surface area contributed by atoms with Gasteiger partial charge in [-0.05, 0) is 32.3 Å². The van der Waals surface area contributed by atoms with Crippen LogP contribution in [0.25, 0.3) is 0 Å². The van der Waals surface area contributed by atoms with E-state index < -0.39 is 0 Å². The van der Waals surface area contributed by atoms with Crippen LogP contribution in [0.4, 0.5) is 0 Å². The fourth-order valence-corrected chi connectivity index (χ4v) is 2.42. The van der Waals surface area contributed by atoms with Gasteiger partial charge < -0.3 is 4.74 Å². The van der Waals surface area contributed by atoms with Gasteiger partial charge in [0.05, 0.1) is 18.1 Å². The Morgan fingerprint density at radius 1 is 1.25 bits per heavy atom. The Balaban J connectivity index is 2.31. The van der Waals surface area contributed by atoms with Gasteiger partial charge in [-0.3, -0.25) is 0 Å². The highest BCUT2D eigenvalue weighted by atomic mass is 16.5. The molecule has 1 saturated heterocycles. The minimum atomic E-state index is -0.0302. The van der Waals surface area contributed by atoms with Crippen molar-refractivity contribution in [3.05, 3.63) is 34.9 Å². The standard InChI is InChI=1S/C14H17NO/c1-10-6-11(2)8-13(7-10)14-12(9-15)4-3-5-16-14/h6-8,12,14H,3-5H2,1-2H3. The second kappa shape index (κ2) is 4.67. The smallest absolute Gasteiger partial charge is 0.0983 e. The van der Waals surface area contributed by atoms with Crippen LogP contribution in [0.5, 0.6) is 0 Å². The summed E-state index contributed by atoms with van der Waals surface area (Å²) < 4.78 is 5.76. The molecule has 0 aromatic heterocycles. The van der Waals surface area contributed by atoms with Gasteiger partial charge in [0.1, 0.15) is 0 Å². The minimum Gasteiger partial charge on any atom is -0.372 e. The van der Waals surface area contributed by atoms with Crippen LogP contribution in [0, 0.1) is 31.1 Å². The Morgan fingerprint density at radius 3 is 2.56 bits per heavy atom. The molecule has 84 valence electrons. The Bertz CT molecular complexity index is 399. The van der Waals surface area contributed by atoms with Crippen molar-refractivity contribution in [2.24, 2.45) is 5.92 Å². The van der Waals surface area contributed by atoms with Crippen molar-refractivity contribution in [3.63, 3.8) is 0 Å². The van der Waals surface area contributed by atoms with E-state index in [2.05, 4.69) is 38.1 Å². The minimum absolute atomic E-state index is 0.00921. The van der Waals surface area contributed by atoms with Crippen LogP contribution in [-0.4, -0.2) is 6.61 Å². The fourth-order valence-electron chi connectivity index (χ4n) is 2.42. The first-order chi connectivity index (χ1) is 7.70. The number of aryl methyl sites for hydroxylation is 2. The molecule has 0 aliphatic carbocycles. The summed E-state index contributed by atoms with van der Waals surface area (Å²) in [6, 6.07) is 8.78. The Labute approximate surface area is 96.9 Å². The molecule has 0 N–H and O–H groups in total. The van der Waals surface area contributed by atoms with E-state index in [0.717, 1.165) is 25.0 Å². The van der Waals surface area contributed by atoms with Crippen molar-refractivity contribution in [1.29, 1.82) is 5.26 Å². The summed E-state index contributed by atoms with van der Waals surface area (Å²) in [6.07, 6.45) is 1.92. The highest BCUT2D eigenvalue weighted by molar-refractivity contribution is 5.31. The maximum Gasteiger partial charge on any atom is 0.0983 e.